The predicted octanol–water partition coefficient (Wildman–Crippen LogP) is 4.51. The lowest BCUT2D eigenvalue weighted by Crippen LogP contribution is -2.39. The number of aryl methyl sites for hydroxylation is 2. The van der Waals surface area contributed by atoms with Crippen LogP contribution in [0.15, 0.2) is 42.5 Å². The van der Waals surface area contributed by atoms with Gasteiger partial charge in [0.1, 0.15) is 12.4 Å². The Morgan fingerprint density at radius 2 is 1.88 bits per heavy atom. The zero-order valence-corrected chi connectivity index (χ0v) is 19.3. The van der Waals surface area contributed by atoms with Crippen molar-refractivity contribution in [2.24, 2.45) is 0 Å². The molecule has 0 fully saturated rings. The van der Waals surface area contributed by atoms with Crippen LogP contribution in [0, 0.1) is 5.82 Å². The molecule has 0 aliphatic heterocycles. The van der Waals surface area contributed by atoms with E-state index in [2.05, 4.69) is 36.5 Å². The molecule has 1 atom stereocenters. The van der Waals surface area contributed by atoms with Crippen molar-refractivity contribution < 1.29 is 18.7 Å². The lowest BCUT2D eigenvalue weighted by Gasteiger charge is -2.25. The van der Waals surface area contributed by atoms with Crippen LogP contribution in [0.3, 0.4) is 0 Å². The molecule has 1 amide bonds. The molecular formula is C27H31FN2O3. The summed E-state index contributed by atoms with van der Waals surface area (Å²) in [7, 11) is 0. The number of ether oxygens (including phenoxy) is 1. The molecule has 0 radical (unpaired) electrons. The van der Waals surface area contributed by atoms with Crippen LogP contribution >= 0.6 is 0 Å². The van der Waals surface area contributed by atoms with Crippen molar-refractivity contribution in [3.05, 3.63) is 70.7 Å². The minimum absolute atomic E-state index is 0.00243. The molecule has 6 heteroatoms. The summed E-state index contributed by atoms with van der Waals surface area (Å²) in [5.41, 5.74) is 5.33. The Balaban J connectivity index is 1.46. The maximum Gasteiger partial charge on any atom is 0.325 e. The van der Waals surface area contributed by atoms with E-state index >= 15 is 0 Å². The lowest BCUT2D eigenvalue weighted by atomic mass is 9.91. The molecule has 1 aromatic heterocycles. The Labute approximate surface area is 193 Å². The smallest absolute Gasteiger partial charge is 0.325 e. The lowest BCUT2D eigenvalue weighted by molar-refractivity contribution is -0.143. The fourth-order valence-electron chi connectivity index (χ4n) is 4.76. The number of hydrogen-bond donors (Lipinski definition) is 1. The predicted molar refractivity (Wildman–Crippen MR) is 127 cm³/mol. The van der Waals surface area contributed by atoms with Gasteiger partial charge in [-0.2, -0.15) is 0 Å². The Morgan fingerprint density at radius 3 is 2.61 bits per heavy atom. The van der Waals surface area contributed by atoms with Gasteiger partial charge >= 0.3 is 5.97 Å². The van der Waals surface area contributed by atoms with Gasteiger partial charge < -0.3 is 14.6 Å². The number of benzene rings is 2. The topological polar surface area (TPSA) is 60.3 Å². The van der Waals surface area contributed by atoms with Crippen molar-refractivity contribution in [1.82, 2.24) is 9.88 Å². The summed E-state index contributed by atoms with van der Waals surface area (Å²) < 4.78 is 21.1. The maximum absolute atomic E-state index is 14.0. The van der Waals surface area contributed by atoms with E-state index in [0.717, 1.165) is 40.6 Å². The van der Waals surface area contributed by atoms with Gasteiger partial charge in [-0.15, -0.1) is 0 Å². The Morgan fingerprint density at radius 1 is 1.12 bits per heavy atom. The van der Waals surface area contributed by atoms with Gasteiger partial charge in [0, 0.05) is 29.1 Å². The summed E-state index contributed by atoms with van der Waals surface area (Å²) in [5, 5.41) is 3.98. The number of rotatable bonds is 8. The van der Waals surface area contributed by atoms with Crippen LogP contribution in [0.4, 0.5) is 4.39 Å². The molecule has 33 heavy (non-hydrogen) atoms. The fourth-order valence-corrected chi connectivity index (χ4v) is 4.76. The third-order valence-corrected chi connectivity index (χ3v) is 6.46. The summed E-state index contributed by atoms with van der Waals surface area (Å²) in [6.45, 7) is 4.34. The van der Waals surface area contributed by atoms with Gasteiger partial charge in [0.25, 0.3) is 0 Å². The van der Waals surface area contributed by atoms with Crippen LogP contribution in [0.2, 0.25) is 0 Å². The minimum atomic E-state index is -0.307. The van der Waals surface area contributed by atoms with Crippen molar-refractivity contribution in [2.45, 2.75) is 65.0 Å². The van der Waals surface area contributed by atoms with Gasteiger partial charge in [0.2, 0.25) is 5.91 Å². The third-order valence-electron chi connectivity index (χ3n) is 6.46. The quantitative estimate of drug-likeness (QED) is 0.514. The zero-order valence-electron chi connectivity index (χ0n) is 19.3. The molecule has 1 aliphatic carbocycles. The number of esters is 1. The van der Waals surface area contributed by atoms with Crippen LogP contribution in [-0.2, 0) is 46.6 Å². The first-order valence-corrected chi connectivity index (χ1v) is 11.8. The second-order valence-corrected chi connectivity index (χ2v) is 8.66. The van der Waals surface area contributed by atoms with Crippen molar-refractivity contribution >= 4 is 22.8 Å². The molecule has 0 saturated heterocycles. The van der Waals surface area contributed by atoms with Crippen LogP contribution in [0.25, 0.3) is 10.9 Å². The van der Waals surface area contributed by atoms with Gasteiger partial charge in [0.15, 0.2) is 0 Å². The summed E-state index contributed by atoms with van der Waals surface area (Å²) >= 11 is 0. The van der Waals surface area contributed by atoms with Gasteiger partial charge in [-0.05, 0) is 73.9 Å². The molecule has 0 bridgehead atoms. The number of aromatic nitrogens is 1. The van der Waals surface area contributed by atoms with E-state index < -0.39 is 0 Å². The highest BCUT2D eigenvalue weighted by Gasteiger charge is 2.27. The van der Waals surface area contributed by atoms with E-state index in [0.29, 0.717) is 32.3 Å². The number of fused-ring (bicyclic) bond motifs is 3. The number of carbonyl (C=O) groups excluding carboxylic acids is 2. The van der Waals surface area contributed by atoms with E-state index in [1.807, 2.05) is 4.57 Å². The molecular weight excluding hydrogens is 419 g/mol. The molecule has 174 valence electrons. The van der Waals surface area contributed by atoms with Gasteiger partial charge in [-0.3, -0.25) is 9.59 Å². The average molecular weight is 451 g/mol. The first-order valence-electron chi connectivity index (χ1n) is 11.8. The number of nitrogens with one attached hydrogen (secondary N) is 1. The molecule has 0 spiro atoms. The summed E-state index contributed by atoms with van der Waals surface area (Å²) in [4.78, 5) is 24.8. The van der Waals surface area contributed by atoms with Crippen LogP contribution < -0.4 is 5.32 Å². The highest BCUT2D eigenvalue weighted by molar-refractivity contribution is 5.87. The Kier molecular flexibility index (Phi) is 7.11. The Hall–Kier alpha value is -3.15. The van der Waals surface area contributed by atoms with Crippen molar-refractivity contribution in [3.8, 4) is 0 Å². The second kappa shape index (κ2) is 10.2. The molecule has 0 saturated carbocycles. The molecule has 4 rings (SSSR count). The standard InChI is InChI=1S/C27H31FN2O3/c1-3-18-5-7-19(8-6-18)9-14-26(31)29-21-11-13-25-23(16-21)22-15-20(28)10-12-24(22)30(25)17-27(32)33-4-2/h5-8,10,12,15,21H,3-4,9,11,13-14,16-17H2,1-2H3,(H,29,31)/t21-/m0/s1. The fraction of sp³-hybridized carbons (Fsp3) is 0.407. The highest BCUT2D eigenvalue weighted by Crippen LogP contribution is 2.33. The van der Waals surface area contributed by atoms with E-state index in [-0.39, 0.29) is 30.3 Å². The van der Waals surface area contributed by atoms with E-state index in [9.17, 15) is 14.0 Å². The molecule has 1 aliphatic rings. The first kappa shape index (κ1) is 23.0. The second-order valence-electron chi connectivity index (χ2n) is 8.66. The SMILES string of the molecule is CCOC(=O)Cn1c2c(c3cc(F)ccc31)C[C@@H](NC(=O)CCc1ccc(CC)cc1)CC2. The molecule has 3 aromatic rings. The first-order chi connectivity index (χ1) is 16.0. The third kappa shape index (κ3) is 5.27. The van der Waals surface area contributed by atoms with Gasteiger partial charge in [-0.25, -0.2) is 4.39 Å². The molecule has 2 aromatic carbocycles. The van der Waals surface area contributed by atoms with Crippen molar-refractivity contribution in [3.63, 3.8) is 0 Å². The summed E-state index contributed by atoms with van der Waals surface area (Å²) in [6, 6.07) is 13.1. The minimum Gasteiger partial charge on any atom is -0.465 e. The monoisotopic (exact) mass is 450 g/mol. The number of nitrogens with zero attached hydrogens (tertiary/aromatic N) is 1. The number of carbonyl (C=O) groups is 2. The molecule has 1 heterocycles. The Bertz CT molecular complexity index is 1150. The van der Waals surface area contributed by atoms with Crippen LogP contribution in [-0.4, -0.2) is 29.1 Å². The molecule has 1 N–H and O–H groups in total. The van der Waals surface area contributed by atoms with Crippen LogP contribution in [0.1, 0.15) is 49.1 Å². The number of amides is 1. The number of hydrogen-bond acceptors (Lipinski definition) is 3. The zero-order chi connectivity index (χ0) is 23.4. The maximum atomic E-state index is 14.0. The molecule has 0 unspecified atom stereocenters. The normalized spacial score (nSPS) is 15.3. The van der Waals surface area contributed by atoms with Crippen molar-refractivity contribution in [1.29, 1.82) is 0 Å². The molecule has 5 nitrogen and oxygen atoms in total. The van der Waals surface area contributed by atoms with Crippen LogP contribution in [0.5, 0.6) is 0 Å². The van der Waals surface area contributed by atoms with E-state index in [1.54, 1.807) is 13.0 Å². The summed E-state index contributed by atoms with van der Waals surface area (Å²) in [6.07, 6.45) is 4.28. The highest BCUT2D eigenvalue weighted by atomic mass is 19.1. The van der Waals surface area contributed by atoms with Gasteiger partial charge in [-0.1, -0.05) is 31.2 Å². The van der Waals surface area contributed by atoms with E-state index in [1.165, 1.54) is 17.7 Å². The average Bonchev–Trinajstić information content (AvgIpc) is 3.10. The largest absolute Gasteiger partial charge is 0.465 e. The van der Waals surface area contributed by atoms with Gasteiger partial charge in [0.05, 0.1) is 6.61 Å². The van der Waals surface area contributed by atoms with Crippen molar-refractivity contribution in [2.75, 3.05) is 6.61 Å². The van der Waals surface area contributed by atoms with E-state index in [4.69, 9.17) is 4.74 Å². The summed E-state index contributed by atoms with van der Waals surface area (Å²) in [5.74, 6) is -0.577. The number of halogens is 1.